The predicted octanol–water partition coefficient (Wildman–Crippen LogP) is 3.30. The summed E-state index contributed by atoms with van der Waals surface area (Å²) < 4.78 is 0. The van der Waals surface area contributed by atoms with Crippen LogP contribution in [0.5, 0.6) is 0 Å². The fraction of sp³-hybridized carbons (Fsp3) is 0.333. The van der Waals surface area contributed by atoms with E-state index >= 15 is 0 Å². The Kier molecular flexibility index (Phi) is 5.26. The molecule has 0 radical (unpaired) electrons. The molecule has 1 aliphatic carbocycles. The third-order valence-corrected chi connectivity index (χ3v) is 5.14. The van der Waals surface area contributed by atoms with Gasteiger partial charge in [-0.3, -0.25) is 4.79 Å². The van der Waals surface area contributed by atoms with E-state index in [9.17, 15) is 9.59 Å². The molecule has 0 bridgehead atoms. The lowest BCUT2D eigenvalue weighted by molar-refractivity contribution is -0.115. The Morgan fingerprint density at radius 1 is 1.08 bits per heavy atom. The fourth-order valence-corrected chi connectivity index (χ4v) is 3.22. The van der Waals surface area contributed by atoms with E-state index in [2.05, 4.69) is 17.4 Å². The number of nitrogens with two attached hydrogens (primary N) is 1. The minimum atomic E-state index is -0.391. The van der Waals surface area contributed by atoms with Crippen molar-refractivity contribution in [1.29, 1.82) is 0 Å². The Labute approximate surface area is 154 Å². The van der Waals surface area contributed by atoms with E-state index < -0.39 is 6.03 Å². The van der Waals surface area contributed by atoms with Crippen LogP contribution in [0.15, 0.2) is 54.6 Å². The van der Waals surface area contributed by atoms with E-state index in [0.29, 0.717) is 13.0 Å². The van der Waals surface area contributed by atoms with Gasteiger partial charge in [0.25, 0.3) is 0 Å². The van der Waals surface area contributed by atoms with Crippen molar-refractivity contribution in [3.05, 3.63) is 65.7 Å². The normalized spacial score (nSPS) is 14.5. The molecule has 2 aromatic rings. The summed E-state index contributed by atoms with van der Waals surface area (Å²) in [6.07, 6.45) is 3.52. The van der Waals surface area contributed by atoms with Crippen LogP contribution in [0.3, 0.4) is 0 Å². The third kappa shape index (κ3) is 4.42. The fourth-order valence-electron chi connectivity index (χ4n) is 3.22. The molecule has 0 aliphatic heterocycles. The molecule has 2 aromatic carbocycles. The van der Waals surface area contributed by atoms with Gasteiger partial charge in [0, 0.05) is 19.3 Å². The summed E-state index contributed by atoms with van der Waals surface area (Å²) >= 11 is 0. The summed E-state index contributed by atoms with van der Waals surface area (Å²) in [6.45, 7) is 0.658. The number of carbonyl (C=O) groups is 2. The highest BCUT2D eigenvalue weighted by atomic mass is 16.2. The van der Waals surface area contributed by atoms with Crippen LogP contribution in [0.1, 0.15) is 30.4 Å². The number of rotatable bonds is 7. The van der Waals surface area contributed by atoms with Crippen LogP contribution in [0.4, 0.5) is 10.5 Å². The molecule has 5 nitrogen and oxygen atoms in total. The SMILES string of the molecule is CN(CCC1(c2ccc(NC(=O)Cc3ccccc3)cc2)CC1)C(N)=O. The van der Waals surface area contributed by atoms with Crippen LogP contribution in [-0.2, 0) is 16.6 Å². The van der Waals surface area contributed by atoms with Gasteiger partial charge in [0.05, 0.1) is 6.42 Å². The highest BCUT2D eigenvalue weighted by molar-refractivity contribution is 5.92. The van der Waals surface area contributed by atoms with Crippen molar-refractivity contribution in [2.24, 2.45) is 5.73 Å². The Bertz CT molecular complexity index is 768. The number of amides is 3. The average molecular weight is 351 g/mol. The van der Waals surface area contributed by atoms with Crippen molar-refractivity contribution in [2.75, 3.05) is 18.9 Å². The zero-order valence-electron chi connectivity index (χ0n) is 15.1. The molecule has 1 fully saturated rings. The molecule has 5 heteroatoms. The molecule has 3 amide bonds. The Morgan fingerprint density at radius 2 is 1.73 bits per heavy atom. The van der Waals surface area contributed by atoms with Crippen molar-refractivity contribution in [2.45, 2.75) is 31.1 Å². The predicted molar refractivity (Wildman–Crippen MR) is 103 cm³/mol. The first-order valence-electron chi connectivity index (χ1n) is 8.93. The van der Waals surface area contributed by atoms with Crippen LogP contribution >= 0.6 is 0 Å². The Balaban J connectivity index is 1.56. The quantitative estimate of drug-likeness (QED) is 0.803. The van der Waals surface area contributed by atoms with Gasteiger partial charge in [-0.1, -0.05) is 42.5 Å². The number of hydrogen-bond donors (Lipinski definition) is 2. The lowest BCUT2D eigenvalue weighted by Gasteiger charge is -2.20. The van der Waals surface area contributed by atoms with Crippen LogP contribution < -0.4 is 11.1 Å². The molecule has 26 heavy (non-hydrogen) atoms. The lowest BCUT2D eigenvalue weighted by Crippen LogP contribution is -2.34. The minimum absolute atomic E-state index is 0.0202. The molecule has 1 aliphatic rings. The second-order valence-corrected chi connectivity index (χ2v) is 7.08. The van der Waals surface area contributed by atoms with Crippen molar-refractivity contribution < 1.29 is 9.59 Å². The molecule has 0 atom stereocenters. The van der Waals surface area contributed by atoms with Crippen LogP contribution in [-0.4, -0.2) is 30.4 Å². The van der Waals surface area contributed by atoms with Gasteiger partial charge in [0.1, 0.15) is 0 Å². The van der Waals surface area contributed by atoms with Gasteiger partial charge in [-0.25, -0.2) is 4.79 Å². The number of carbonyl (C=O) groups excluding carboxylic acids is 2. The van der Waals surface area contributed by atoms with Crippen molar-refractivity contribution in [3.8, 4) is 0 Å². The van der Waals surface area contributed by atoms with Crippen molar-refractivity contribution in [1.82, 2.24) is 4.90 Å². The molecular formula is C21H25N3O2. The molecular weight excluding hydrogens is 326 g/mol. The van der Waals surface area contributed by atoms with Crippen molar-refractivity contribution in [3.63, 3.8) is 0 Å². The van der Waals surface area contributed by atoms with E-state index in [1.807, 2.05) is 42.5 Å². The van der Waals surface area contributed by atoms with E-state index in [4.69, 9.17) is 5.73 Å². The molecule has 0 heterocycles. The summed E-state index contributed by atoms with van der Waals surface area (Å²) in [4.78, 5) is 24.9. The van der Waals surface area contributed by atoms with Gasteiger partial charge < -0.3 is 16.0 Å². The summed E-state index contributed by atoms with van der Waals surface area (Å²) in [7, 11) is 1.73. The second-order valence-electron chi connectivity index (χ2n) is 7.08. The molecule has 3 N–H and O–H groups in total. The Hall–Kier alpha value is -2.82. The maximum absolute atomic E-state index is 12.2. The zero-order valence-corrected chi connectivity index (χ0v) is 15.1. The first-order valence-corrected chi connectivity index (χ1v) is 8.93. The number of nitrogens with one attached hydrogen (secondary N) is 1. The highest BCUT2D eigenvalue weighted by Crippen LogP contribution is 2.51. The smallest absolute Gasteiger partial charge is 0.314 e. The zero-order chi connectivity index (χ0) is 18.6. The number of benzene rings is 2. The number of hydrogen-bond acceptors (Lipinski definition) is 2. The van der Waals surface area contributed by atoms with E-state index in [0.717, 1.165) is 30.5 Å². The van der Waals surface area contributed by atoms with Gasteiger partial charge in [0.2, 0.25) is 5.91 Å². The van der Waals surface area contributed by atoms with Crippen LogP contribution in [0.2, 0.25) is 0 Å². The van der Waals surface area contributed by atoms with Crippen LogP contribution in [0.25, 0.3) is 0 Å². The second kappa shape index (κ2) is 7.60. The van der Waals surface area contributed by atoms with Crippen LogP contribution in [0, 0.1) is 0 Å². The first kappa shape index (κ1) is 18.0. The average Bonchev–Trinajstić information content (AvgIpc) is 3.42. The highest BCUT2D eigenvalue weighted by Gasteiger charge is 2.43. The summed E-state index contributed by atoms with van der Waals surface area (Å²) in [6, 6.07) is 17.4. The standard InChI is InChI=1S/C21H25N3O2/c1-24(20(22)26)14-13-21(11-12-21)17-7-9-18(10-8-17)23-19(25)15-16-5-3-2-4-6-16/h2-10H,11-15H2,1H3,(H2,22,26)(H,23,25). The van der Waals surface area contributed by atoms with E-state index in [1.165, 1.54) is 5.56 Å². The molecule has 3 rings (SSSR count). The first-order chi connectivity index (χ1) is 12.5. The molecule has 0 spiro atoms. The summed E-state index contributed by atoms with van der Waals surface area (Å²) in [5.41, 5.74) is 8.50. The largest absolute Gasteiger partial charge is 0.351 e. The Morgan fingerprint density at radius 3 is 2.31 bits per heavy atom. The lowest BCUT2D eigenvalue weighted by atomic mass is 9.92. The number of urea groups is 1. The van der Waals surface area contributed by atoms with E-state index in [1.54, 1.807) is 11.9 Å². The van der Waals surface area contributed by atoms with Gasteiger partial charge in [0.15, 0.2) is 0 Å². The molecule has 136 valence electrons. The molecule has 0 unspecified atom stereocenters. The summed E-state index contributed by atoms with van der Waals surface area (Å²) in [5.74, 6) is -0.0202. The van der Waals surface area contributed by atoms with E-state index in [-0.39, 0.29) is 11.3 Å². The molecule has 0 saturated heterocycles. The maximum atomic E-state index is 12.2. The number of primary amides is 1. The maximum Gasteiger partial charge on any atom is 0.314 e. The minimum Gasteiger partial charge on any atom is -0.351 e. The molecule has 1 saturated carbocycles. The van der Waals surface area contributed by atoms with Gasteiger partial charge in [-0.15, -0.1) is 0 Å². The van der Waals surface area contributed by atoms with Gasteiger partial charge in [-0.2, -0.15) is 0 Å². The van der Waals surface area contributed by atoms with Crippen molar-refractivity contribution >= 4 is 17.6 Å². The van der Waals surface area contributed by atoms with Gasteiger partial charge in [-0.05, 0) is 47.9 Å². The summed E-state index contributed by atoms with van der Waals surface area (Å²) in [5, 5.41) is 2.95. The molecule has 0 aromatic heterocycles. The third-order valence-electron chi connectivity index (χ3n) is 5.14. The number of anilines is 1. The monoisotopic (exact) mass is 351 g/mol. The van der Waals surface area contributed by atoms with Gasteiger partial charge >= 0.3 is 6.03 Å². The topological polar surface area (TPSA) is 75.4 Å². The number of nitrogens with zero attached hydrogens (tertiary/aromatic N) is 1.